The molecular formula is C13H15NO2. The first-order valence-electron chi connectivity index (χ1n) is 5.60. The molecule has 2 aromatic rings. The van der Waals surface area contributed by atoms with Crippen LogP contribution in [0.2, 0.25) is 0 Å². The Labute approximate surface area is 93.7 Å². The second kappa shape index (κ2) is 3.01. The number of phenolic OH excluding ortho intramolecular Hbond substituents is 1. The predicted octanol–water partition coefficient (Wildman–Crippen LogP) is 2.25. The lowest BCUT2D eigenvalue weighted by molar-refractivity contribution is 0.150. The molecule has 0 bridgehead atoms. The standard InChI is InChI=1S/C13H15NO2/c1-8-6-10-11(14-8)3-2-9(12(10)15)7-13(16)4-5-13/h2-3,6,14-16H,4-5,7H2,1H3. The fourth-order valence-corrected chi connectivity index (χ4v) is 2.19. The van der Waals surface area contributed by atoms with Crippen LogP contribution >= 0.6 is 0 Å². The van der Waals surface area contributed by atoms with E-state index in [1.54, 1.807) is 0 Å². The van der Waals surface area contributed by atoms with Gasteiger partial charge in [-0.2, -0.15) is 0 Å². The van der Waals surface area contributed by atoms with Gasteiger partial charge in [-0.1, -0.05) is 6.07 Å². The molecule has 1 heterocycles. The third-order valence-electron chi connectivity index (χ3n) is 3.34. The minimum atomic E-state index is -0.559. The maximum Gasteiger partial charge on any atom is 0.128 e. The Hall–Kier alpha value is -1.48. The van der Waals surface area contributed by atoms with Gasteiger partial charge in [-0.25, -0.2) is 0 Å². The first kappa shape index (κ1) is 9.73. The minimum Gasteiger partial charge on any atom is -0.507 e. The number of phenols is 1. The average Bonchev–Trinajstić information content (AvgIpc) is 2.81. The maximum absolute atomic E-state index is 10.1. The SMILES string of the molecule is Cc1cc2c(O)c(CC3(O)CC3)ccc2[nH]1. The Balaban J connectivity index is 2.08. The van der Waals surface area contributed by atoms with Crippen molar-refractivity contribution >= 4 is 10.9 Å². The highest BCUT2D eigenvalue weighted by Crippen LogP contribution is 2.41. The van der Waals surface area contributed by atoms with Crippen molar-refractivity contribution in [1.82, 2.24) is 4.98 Å². The molecule has 3 N–H and O–H groups in total. The van der Waals surface area contributed by atoms with Crippen molar-refractivity contribution in [2.75, 3.05) is 0 Å². The normalized spacial score (nSPS) is 17.9. The Kier molecular flexibility index (Phi) is 1.83. The highest BCUT2D eigenvalue weighted by Gasteiger charge is 2.40. The number of nitrogens with one attached hydrogen (secondary N) is 1. The van der Waals surface area contributed by atoms with Crippen molar-refractivity contribution < 1.29 is 10.2 Å². The van der Waals surface area contributed by atoms with Crippen molar-refractivity contribution in [3.8, 4) is 5.75 Å². The second-order valence-corrected chi connectivity index (χ2v) is 4.89. The van der Waals surface area contributed by atoms with Crippen LogP contribution in [0.4, 0.5) is 0 Å². The molecule has 1 saturated carbocycles. The second-order valence-electron chi connectivity index (χ2n) is 4.89. The molecule has 3 heteroatoms. The molecule has 0 unspecified atom stereocenters. The van der Waals surface area contributed by atoms with Gasteiger partial charge in [0.05, 0.1) is 5.60 Å². The molecular weight excluding hydrogens is 202 g/mol. The summed E-state index contributed by atoms with van der Waals surface area (Å²) in [6.07, 6.45) is 2.24. The van der Waals surface area contributed by atoms with E-state index in [9.17, 15) is 10.2 Å². The zero-order chi connectivity index (χ0) is 11.3. The van der Waals surface area contributed by atoms with Gasteiger partial charge < -0.3 is 15.2 Å². The van der Waals surface area contributed by atoms with E-state index in [2.05, 4.69) is 4.98 Å². The van der Waals surface area contributed by atoms with Crippen LogP contribution in [-0.2, 0) is 6.42 Å². The maximum atomic E-state index is 10.1. The zero-order valence-corrected chi connectivity index (χ0v) is 9.25. The molecule has 0 spiro atoms. The van der Waals surface area contributed by atoms with E-state index >= 15 is 0 Å². The van der Waals surface area contributed by atoms with E-state index in [4.69, 9.17) is 0 Å². The number of aromatic nitrogens is 1. The summed E-state index contributed by atoms with van der Waals surface area (Å²) >= 11 is 0. The molecule has 1 fully saturated rings. The van der Waals surface area contributed by atoms with Gasteiger partial charge in [0.15, 0.2) is 0 Å². The zero-order valence-electron chi connectivity index (χ0n) is 9.25. The lowest BCUT2D eigenvalue weighted by Crippen LogP contribution is -2.10. The number of aliphatic hydroxyl groups is 1. The average molecular weight is 217 g/mol. The van der Waals surface area contributed by atoms with Crippen LogP contribution in [0.5, 0.6) is 5.75 Å². The van der Waals surface area contributed by atoms with Crippen LogP contribution in [0.15, 0.2) is 18.2 Å². The number of benzene rings is 1. The molecule has 84 valence electrons. The number of hydrogen-bond acceptors (Lipinski definition) is 2. The predicted molar refractivity (Wildman–Crippen MR) is 62.6 cm³/mol. The minimum absolute atomic E-state index is 0.308. The number of aromatic amines is 1. The van der Waals surface area contributed by atoms with E-state index in [-0.39, 0.29) is 0 Å². The highest BCUT2D eigenvalue weighted by atomic mass is 16.3. The van der Waals surface area contributed by atoms with E-state index in [1.807, 2.05) is 25.1 Å². The molecule has 1 aromatic heterocycles. The summed E-state index contributed by atoms with van der Waals surface area (Å²) in [6.45, 7) is 1.97. The monoisotopic (exact) mass is 217 g/mol. The van der Waals surface area contributed by atoms with Gasteiger partial charge in [-0.05, 0) is 37.5 Å². The fraction of sp³-hybridized carbons (Fsp3) is 0.385. The number of aryl methyl sites for hydroxylation is 1. The molecule has 1 aliphatic carbocycles. The number of aromatic hydroxyl groups is 1. The molecule has 3 rings (SSSR count). The fourth-order valence-electron chi connectivity index (χ4n) is 2.19. The molecule has 0 atom stereocenters. The van der Waals surface area contributed by atoms with E-state index in [1.165, 1.54) is 0 Å². The molecule has 1 aliphatic rings. The van der Waals surface area contributed by atoms with Crippen LogP contribution < -0.4 is 0 Å². The Morgan fingerprint density at radius 2 is 2.12 bits per heavy atom. The lowest BCUT2D eigenvalue weighted by atomic mass is 10.0. The Morgan fingerprint density at radius 3 is 2.81 bits per heavy atom. The summed E-state index contributed by atoms with van der Waals surface area (Å²) in [5.74, 6) is 0.308. The third-order valence-corrected chi connectivity index (χ3v) is 3.34. The van der Waals surface area contributed by atoms with Gasteiger partial charge in [0.1, 0.15) is 5.75 Å². The summed E-state index contributed by atoms with van der Waals surface area (Å²) in [6, 6.07) is 5.79. The molecule has 0 radical (unpaired) electrons. The summed E-state index contributed by atoms with van der Waals surface area (Å²) in [7, 11) is 0. The lowest BCUT2D eigenvalue weighted by Gasteiger charge is -2.09. The number of hydrogen-bond donors (Lipinski definition) is 3. The largest absolute Gasteiger partial charge is 0.507 e. The summed E-state index contributed by atoms with van der Waals surface area (Å²) < 4.78 is 0. The van der Waals surface area contributed by atoms with Gasteiger partial charge >= 0.3 is 0 Å². The van der Waals surface area contributed by atoms with Gasteiger partial charge in [0.25, 0.3) is 0 Å². The van der Waals surface area contributed by atoms with Crippen molar-refractivity contribution in [2.45, 2.75) is 31.8 Å². The Morgan fingerprint density at radius 1 is 1.38 bits per heavy atom. The van der Waals surface area contributed by atoms with E-state index in [0.717, 1.165) is 35.0 Å². The van der Waals surface area contributed by atoms with Crippen molar-refractivity contribution in [3.05, 3.63) is 29.5 Å². The number of rotatable bonds is 2. The van der Waals surface area contributed by atoms with Gasteiger partial charge in [-0.15, -0.1) is 0 Å². The molecule has 16 heavy (non-hydrogen) atoms. The van der Waals surface area contributed by atoms with E-state index < -0.39 is 5.60 Å². The van der Waals surface area contributed by atoms with E-state index in [0.29, 0.717) is 12.2 Å². The molecule has 1 aromatic carbocycles. The number of fused-ring (bicyclic) bond motifs is 1. The van der Waals surface area contributed by atoms with Crippen LogP contribution in [0, 0.1) is 6.92 Å². The first-order chi connectivity index (χ1) is 7.57. The van der Waals surface area contributed by atoms with Gasteiger partial charge in [0.2, 0.25) is 0 Å². The van der Waals surface area contributed by atoms with Crippen LogP contribution in [0.3, 0.4) is 0 Å². The van der Waals surface area contributed by atoms with Gasteiger partial charge in [0, 0.05) is 23.0 Å². The Bertz CT molecular complexity index is 552. The molecule has 3 nitrogen and oxygen atoms in total. The van der Waals surface area contributed by atoms with Crippen molar-refractivity contribution in [3.63, 3.8) is 0 Å². The topological polar surface area (TPSA) is 56.2 Å². The number of H-pyrrole nitrogens is 1. The third kappa shape index (κ3) is 1.48. The van der Waals surface area contributed by atoms with Gasteiger partial charge in [-0.3, -0.25) is 0 Å². The summed E-state index contributed by atoms with van der Waals surface area (Å²) in [5, 5.41) is 20.8. The quantitative estimate of drug-likeness (QED) is 0.722. The first-order valence-corrected chi connectivity index (χ1v) is 5.60. The molecule has 0 amide bonds. The summed E-state index contributed by atoms with van der Waals surface area (Å²) in [5.41, 5.74) is 2.26. The highest BCUT2D eigenvalue weighted by molar-refractivity contribution is 5.87. The molecule has 0 aliphatic heterocycles. The smallest absolute Gasteiger partial charge is 0.128 e. The molecule has 0 saturated heterocycles. The summed E-state index contributed by atoms with van der Waals surface area (Å²) in [4.78, 5) is 3.18. The van der Waals surface area contributed by atoms with Crippen LogP contribution in [0.25, 0.3) is 10.9 Å². The van der Waals surface area contributed by atoms with Crippen LogP contribution in [-0.4, -0.2) is 20.8 Å². The van der Waals surface area contributed by atoms with Crippen LogP contribution in [0.1, 0.15) is 24.1 Å². The van der Waals surface area contributed by atoms with Crippen molar-refractivity contribution in [2.24, 2.45) is 0 Å². The van der Waals surface area contributed by atoms with Crippen molar-refractivity contribution in [1.29, 1.82) is 0 Å².